The number of anilines is 1. The molecule has 32 heavy (non-hydrogen) atoms. The van der Waals surface area contributed by atoms with Gasteiger partial charge in [-0.3, -0.25) is 5.32 Å². The summed E-state index contributed by atoms with van der Waals surface area (Å²) in [4.78, 5) is 6.95. The average molecular weight is 440 g/mol. The van der Waals surface area contributed by atoms with E-state index in [4.69, 9.17) is 16.6 Å². The number of hydrogen-bond acceptors (Lipinski definition) is 5. The molecule has 1 aliphatic heterocycles. The van der Waals surface area contributed by atoms with Gasteiger partial charge in [-0.2, -0.15) is 0 Å². The van der Waals surface area contributed by atoms with Gasteiger partial charge in [-0.15, -0.1) is 0 Å². The molecule has 3 aliphatic carbocycles. The maximum atomic E-state index is 8.88. The SMILES string of the molecule is C[NH2+]c1nc(C)cc(N2CC(=C[NH2+]CC34CCC(N)(CC3)CC4)C(=N)C(C)(C)C2)c1C=N. The second kappa shape index (κ2) is 8.36. The highest BCUT2D eigenvalue weighted by Gasteiger charge is 2.47. The van der Waals surface area contributed by atoms with Crippen LogP contribution in [0.4, 0.5) is 11.5 Å². The van der Waals surface area contributed by atoms with Gasteiger partial charge in [0.2, 0.25) is 5.82 Å². The average Bonchev–Trinajstić information content (AvgIpc) is 2.77. The molecule has 0 spiro atoms. The zero-order valence-corrected chi connectivity index (χ0v) is 20.2. The Morgan fingerprint density at radius 2 is 1.84 bits per heavy atom. The van der Waals surface area contributed by atoms with E-state index in [9.17, 15) is 0 Å². The molecule has 7 heteroatoms. The number of aromatic nitrogens is 1. The Kier molecular flexibility index (Phi) is 6.03. The first-order valence-corrected chi connectivity index (χ1v) is 12.1. The second-order valence-corrected chi connectivity index (χ2v) is 11.1. The predicted octanol–water partition coefficient (Wildman–Crippen LogP) is 1.58. The minimum Gasteiger partial charge on any atom is -0.365 e. The van der Waals surface area contributed by atoms with Crippen LogP contribution in [0.25, 0.3) is 0 Å². The number of hydrogen-bond donors (Lipinski definition) is 5. The molecule has 1 saturated heterocycles. The van der Waals surface area contributed by atoms with Crippen LogP contribution in [-0.4, -0.2) is 49.1 Å². The Balaban J connectivity index is 1.55. The van der Waals surface area contributed by atoms with Gasteiger partial charge in [-0.25, -0.2) is 4.98 Å². The van der Waals surface area contributed by atoms with Gasteiger partial charge < -0.3 is 26.8 Å². The molecule has 3 saturated carbocycles. The van der Waals surface area contributed by atoms with Crippen LogP contribution in [-0.2, 0) is 0 Å². The third-order valence-corrected chi connectivity index (χ3v) is 8.23. The van der Waals surface area contributed by atoms with E-state index in [0.717, 1.165) is 47.1 Å². The highest BCUT2D eigenvalue weighted by atomic mass is 15.2. The Morgan fingerprint density at radius 3 is 2.44 bits per heavy atom. The van der Waals surface area contributed by atoms with Crippen LogP contribution >= 0.6 is 0 Å². The molecule has 4 fully saturated rings. The highest BCUT2D eigenvalue weighted by Crippen LogP contribution is 2.50. The van der Waals surface area contributed by atoms with E-state index in [1.807, 2.05) is 19.3 Å². The van der Waals surface area contributed by atoms with E-state index in [1.165, 1.54) is 44.7 Å². The van der Waals surface area contributed by atoms with Crippen molar-refractivity contribution < 1.29 is 10.6 Å². The second-order valence-electron chi connectivity index (χ2n) is 11.1. The summed E-state index contributed by atoms with van der Waals surface area (Å²) in [5, 5.41) is 21.2. The number of fused-ring (bicyclic) bond motifs is 3. The van der Waals surface area contributed by atoms with Crippen molar-refractivity contribution in [1.29, 1.82) is 10.8 Å². The van der Waals surface area contributed by atoms with Crippen LogP contribution in [0.15, 0.2) is 17.8 Å². The molecule has 7 nitrogen and oxygen atoms in total. The molecular weight excluding hydrogens is 398 g/mol. The molecule has 0 unspecified atom stereocenters. The number of piperidine rings is 1. The van der Waals surface area contributed by atoms with Crippen molar-refractivity contribution in [2.24, 2.45) is 16.6 Å². The van der Waals surface area contributed by atoms with Gasteiger partial charge in [-0.1, -0.05) is 13.8 Å². The Morgan fingerprint density at radius 1 is 1.19 bits per heavy atom. The first-order chi connectivity index (χ1) is 15.1. The summed E-state index contributed by atoms with van der Waals surface area (Å²) in [6.07, 6.45) is 10.9. The summed E-state index contributed by atoms with van der Waals surface area (Å²) < 4.78 is 0. The molecule has 0 radical (unpaired) electrons. The monoisotopic (exact) mass is 439 g/mol. The molecule has 2 bridgehead atoms. The van der Waals surface area contributed by atoms with Crippen molar-refractivity contribution in [3.63, 3.8) is 0 Å². The minimum absolute atomic E-state index is 0.111. The predicted molar refractivity (Wildman–Crippen MR) is 130 cm³/mol. The van der Waals surface area contributed by atoms with Crippen molar-refractivity contribution >= 4 is 23.4 Å². The minimum atomic E-state index is -0.252. The van der Waals surface area contributed by atoms with E-state index in [-0.39, 0.29) is 11.0 Å². The maximum Gasteiger partial charge on any atom is 0.235 e. The fraction of sp³-hybridized carbons (Fsp3) is 0.640. The Hall–Kier alpha value is -2.09. The smallest absolute Gasteiger partial charge is 0.235 e. The van der Waals surface area contributed by atoms with Crippen molar-refractivity contribution in [2.45, 2.75) is 64.8 Å². The van der Waals surface area contributed by atoms with Gasteiger partial charge >= 0.3 is 0 Å². The van der Waals surface area contributed by atoms with Gasteiger partial charge in [0.05, 0.1) is 37.6 Å². The number of rotatable bonds is 6. The Bertz CT molecular complexity index is 921. The molecule has 1 aromatic heterocycles. The molecule has 2 heterocycles. The third kappa shape index (κ3) is 4.26. The van der Waals surface area contributed by atoms with Crippen LogP contribution in [0.5, 0.6) is 0 Å². The van der Waals surface area contributed by atoms with Gasteiger partial charge in [0.1, 0.15) is 0 Å². The van der Waals surface area contributed by atoms with Crippen LogP contribution in [0.3, 0.4) is 0 Å². The van der Waals surface area contributed by atoms with E-state index >= 15 is 0 Å². The summed E-state index contributed by atoms with van der Waals surface area (Å²) in [7, 11) is 1.97. The summed E-state index contributed by atoms with van der Waals surface area (Å²) in [5.74, 6) is 0.857. The van der Waals surface area contributed by atoms with Gasteiger partial charge in [0.25, 0.3) is 0 Å². The number of quaternary nitrogens is 2. The summed E-state index contributed by atoms with van der Waals surface area (Å²) in [5.41, 5.74) is 11.5. The molecule has 8 N–H and O–H groups in total. The van der Waals surface area contributed by atoms with Crippen LogP contribution < -0.4 is 21.3 Å². The van der Waals surface area contributed by atoms with E-state index in [1.54, 1.807) is 0 Å². The summed E-state index contributed by atoms with van der Waals surface area (Å²) in [6.45, 7) is 8.87. The van der Waals surface area contributed by atoms with Gasteiger partial charge in [0, 0.05) is 46.1 Å². The molecular formula is C25H41N7+2. The highest BCUT2D eigenvalue weighted by molar-refractivity contribution is 6.04. The Labute approximate surface area is 192 Å². The molecule has 0 aromatic carbocycles. The van der Waals surface area contributed by atoms with E-state index < -0.39 is 0 Å². The lowest BCUT2D eigenvalue weighted by Gasteiger charge is -2.50. The van der Waals surface area contributed by atoms with Crippen molar-refractivity contribution in [3.8, 4) is 0 Å². The summed E-state index contributed by atoms with van der Waals surface area (Å²) >= 11 is 0. The van der Waals surface area contributed by atoms with E-state index in [2.05, 4.69) is 41.3 Å². The normalized spacial score (nSPS) is 30.7. The largest absolute Gasteiger partial charge is 0.365 e. The standard InChI is InChI=1S/C25H39N7/c1-17-11-20(19(12-26)22(29-4)31-17)32-14-18(21(27)23(2,3)16-32)13-30-15-24-5-8-25(28,9-6-24)10-7-24/h11-13,26-27,30H,5-10,14-16,28H2,1-4H3,(H,29,31)/p+2. The fourth-order valence-electron chi connectivity index (χ4n) is 6.01. The zero-order chi connectivity index (χ0) is 23.1. The number of pyridine rings is 1. The molecule has 0 atom stereocenters. The van der Waals surface area contributed by atoms with Crippen LogP contribution in [0.2, 0.25) is 0 Å². The lowest BCUT2D eigenvalue weighted by molar-refractivity contribution is -0.604. The lowest BCUT2D eigenvalue weighted by atomic mass is 9.57. The maximum absolute atomic E-state index is 8.88. The topological polar surface area (TPSA) is 123 Å². The van der Waals surface area contributed by atoms with Crippen LogP contribution in [0.1, 0.15) is 63.6 Å². The number of nitrogens with zero attached hydrogens (tertiary/aromatic N) is 2. The van der Waals surface area contributed by atoms with Gasteiger partial charge in [-0.05, 0) is 51.5 Å². The molecule has 4 aliphatic rings. The summed E-state index contributed by atoms with van der Waals surface area (Å²) in [6, 6.07) is 2.09. The molecule has 1 aromatic rings. The zero-order valence-electron chi connectivity index (χ0n) is 20.2. The van der Waals surface area contributed by atoms with Crippen LogP contribution in [0, 0.1) is 28.6 Å². The fourth-order valence-corrected chi connectivity index (χ4v) is 6.01. The van der Waals surface area contributed by atoms with Gasteiger partial charge in [0.15, 0.2) is 0 Å². The molecule has 0 amide bonds. The third-order valence-electron chi connectivity index (χ3n) is 8.23. The lowest BCUT2D eigenvalue weighted by Crippen LogP contribution is -2.83. The number of nitrogens with two attached hydrogens (primary N) is 3. The number of nitrogens with one attached hydrogen (secondary N) is 2. The quantitative estimate of drug-likeness (QED) is 0.432. The first-order valence-electron chi connectivity index (χ1n) is 12.1. The molecule has 174 valence electrons. The van der Waals surface area contributed by atoms with Crippen molar-refractivity contribution in [1.82, 2.24) is 4.98 Å². The van der Waals surface area contributed by atoms with Crippen molar-refractivity contribution in [3.05, 3.63) is 29.1 Å². The molecule has 5 rings (SSSR count). The van der Waals surface area contributed by atoms with Crippen molar-refractivity contribution in [2.75, 3.05) is 31.6 Å². The number of aryl methyl sites for hydroxylation is 1. The van der Waals surface area contributed by atoms with E-state index in [0.29, 0.717) is 12.0 Å². The first kappa shape index (κ1) is 23.1.